The fourth-order valence-corrected chi connectivity index (χ4v) is 2.22. The molecule has 19 heavy (non-hydrogen) atoms. The van der Waals surface area contributed by atoms with Crippen molar-refractivity contribution < 1.29 is 9.53 Å². The largest absolute Gasteiger partial charge is 0.373 e. The zero-order valence-electron chi connectivity index (χ0n) is 11.5. The maximum Gasteiger partial charge on any atom is 0.249 e. The normalized spacial score (nSPS) is 18.9. The molecule has 1 aromatic carbocycles. The van der Waals surface area contributed by atoms with Gasteiger partial charge in [-0.05, 0) is 31.4 Å². The molecule has 0 aromatic heterocycles. The van der Waals surface area contributed by atoms with Gasteiger partial charge in [0.2, 0.25) is 5.91 Å². The molecular weight excluding hydrogens is 240 g/mol. The number of carbonyl (C=O) groups excluding carboxylic acids is 1. The lowest BCUT2D eigenvalue weighted by Gasteiger charge is -2.23. The van der Waals surface area contributed by atoms with Crippen LogP contribution in [0.5, 0.6) is 0 Å². The van der Waals surface area contributed by atoms with Crippen molar-refractivity contribution in [3.8, 4) is 0 Å². The summed E-state index contributed by atoms with van der Waals surface area (Å²) in [6.45, 7) is 2.15. The van der Waals surface area contributed by atoms with Crippen LogP contribution in [0.1, 0.15) is 19.3 Å². The molecule has 1 fully saturated rings. The fraction of sp³-hybridized carbons (Fsp3) is 0.533. The molecule has 1 amide bonds. The van der Waals surface area contributed by atoms with Gasteiger partial charge >= 0.3 is 0 Å². The molecule has 104 valence electrons. The Bertz CT molecular complexity index is 388. The van der Waals surface area contributed by atoms with Crippen LogP contribution in [0, 0.1) is 0 Å². The molecule has 1 aromatic rings. The minimum absolute atomic E-state index is 0.0289. The first-order valence-electron chi connectivity index (χ1n) is 6.93. The number of anilines is 1. The van der Waals surface area contributed by atoms with Gasteiger partial charge < -0.3 is 15.0 Å². The van der Waals surface area contributed by atoms with E-state index in [4.69, 9.17) is 4.74 Å². The number of benzene rings is 1. The van der Waals surface area contributed by atoms with Crippen molar-refractivity contribution in [1.29, 1.82) is 0 Å². The first kappa shape index (κ1) is 13.9. The standard InChI is InChI=1S/C15H22N2O2/c1-17(13-7-3-2-4-8-13)11-10-16-15(18)14-9-5-6-12-19-14/h2-4,7-8,14H,5-6,9-12H2,1H3,(H,16,18)/t14-/m1/s1. The summed E-state index contributed by atoms with van der Waals surface area (Å²) >= 11 is 0. The zero-order valence-corrected chi connectivity index (χ0v) is 11.5. The molecule has 0 aliphatic carbocycles. The molecule has 0 saturated carbocycles. The van der Waals surface area contributed by atoms with E-state index < -0.39 is 0 Å². The van der Waals surface area contributed by atoms with Gasteiger partial charge in [0.25, 0.3) is 0 Å². The van der Waals surface area contributed by atoms with E-state index in [1.54, 1.807) is 0 Å². The molecule has 0 spiro atoms. The van der Waals surface area contributed by atoms with Gasteiger partial charge in [0.05, 0.1) is 0 Å². The molecule has 4 nitrogen and oxygen atoms in total. The number of hydrogen-bond donors (Lipinski definition) is 1. The molecule has 0 unspecified atom stereocenters. The Labute approximate surface area is 114 Å². The molecule has 2 rings (SSSR count). The Hall–Kier alpha value is -1.55. The summed E-state index contributed by atoms with van der Waals surface area (Å²) in [7, 11) is 2.03. The van der Waals surface area contributed by atoms with E-state index in [1.807, 2.05) is 25.2 Å². The molecule has 1 aliphatic heterocycles. The van der Waals surface area contributed by atoms with Gasteiger partial charge in [0, 0.05) is 32.4 Å². The van der Waals surface area contributed by atoms with Crippen LogP contribution in [-0.4, -0.2) is 38.8 Å². The highest BCUT2D eigenvalue weighted by molar-refractivity contribution is 5.80. The number of carbonyl (C=O) groups is 1. The lowest BCUT2D eigenvalue weighted by molar-refractivity contribution is -0.135. The minimum atomic E-state index is -0.240. The molecule has 1 N–H and O–H groups in total. The number of amides is 1. The lowest BCUT2D eigenvalue weighted by Crippen LogP contribution is -2.41. The van der Waals surface area contributed by atoms with Crippen molar-refractivity contribution in [3.05, 3.63) is 30.3 Å². The first-order valence-corrected chi connectivity index (χ1v) is 6.93. The summed E-state index contributed by atoms with van der Waals surface area (Å²) in [5.74, 6) is 0.0289. The number of nitrogens with one attached hydrogen (secondary N) is 1. The third kappa shape index (κ3) is 4.24. The Kier molecular flexibility index (Phi) is 5.21. The quantitative estimate of drug-likeness (QED) is 0.880. The maximum absolute atomic E-state index is 11.9. The number of para-hydroxylation sites is 1. The third-order valence-electron chi connectivity index (χ3n) is 3.42. The van der Waals surface area contributed by atoms with Crippen LogP contribution in [0.15, 0.2) is 30.3 Å². The third-order valence-corrected chi connectivity index (χ3v) is 3.42. The van der Waals surface area contributed by atoms with Crippen molar-refractivity contribution >= 4 is 11.6 Å². The van der Waals surface area contributed by atoms with Crippen molar-refractivity contribution in [2.75, 3.05) is 31.6 Å². The molecule has 1 saturated heterocycles. The molecule has 1 atom stereocenters. The summed E-state index contributed by atoms with van der Waals surface area (Å²) in [5, 5.41) is 2.95. The summed E-state index contributed by atoms with van der Waals surface area (Å²) in [6.07, 6.45) is 2.76. The van der Waals surface area contributed by atoms with Crippen LogP contribution in [0.2, 0.25) is 0 Å². The van der Waals surface area contributed by atoms with Crippen molar-refractivity contribution in [1.82, 2.24) is 5.32 Å². The van der Waals surface area contributed by atoms with Gasteiger partial charge in [-0.3, -0.25) is 4.79 Å². The van der Waals surface area contributed by atoms with Gasteiger partial charge in [-0.1, -0.05) is 18.2 Å². The van der Waals surface area contributed by atoms with Crippen LogP contribution in [-0.2, 0) is 9.53 Å². The summed E-state index contributed by atoms with van der Waals surface area (Å²) in [6, 6.07) is 10.2. The van der Waals surface area contributed by atoms with Crippen molar-refractivity contribution in [2.45, 2.75) is 25.4 Å². The molecule has 0 bridgehead atoms. The average molecular weight is 262 g/mol. The fourth-order valence-electron chi connectivity index (χ4n) is 2.22. The number of likely N-dealkylation sites (N-methyl/N-ethyl adjacent to an activating group) is 1. The Morgan fingerprint density at radius 1 is 1.37 bits per heavy atom. The van der Waals surface area contributed by atoms with Crippen LogP contribution in [0.4, 0.5) is 5.69 Å². The van der Waals surface area contributed by atoms with Gasteiger partial charge in [-0.15, -0.1) is 0 Å². The topological polar surface area (TPSA) is 41.6 Å². The maximum atomic E-state index is 11.9. The highest BCUT2D eigenvalue weighted by Crippen LogP contribution is 2.13. The van der Waals surface area contributed by atoms with E-state index in [0.717, 1.165) is 31.5 Å². The highest BCUT2D eigenvalue weighted by atomic mass is 16.5. The molecule has 1 heterocycles. The molecule has 4 heteroatoms. The first-order chi connectivity index (χ1) is 9.27. The van der Waals surface area contributed by atoms with E-state index in [9.17, 15) is 4.79 Å². The van der Waals surface area contributed by atoms with E-state index in [-0.39, 0.29) is 12.0 Å². The second-order valence-electron chi connectivity index (χ2n) is 4.90. The van der Waals surface area contributed by atoms with Crippen molar-refractivity contribution in [2.24, 2.45) is 0 Å². The SMILES string of the molecule is CN(CCNC(=O)[C@H]1CCCCO1)c1ccccc1. The molecule has 1 aliphatic rings. The van der Waals surface area contributed by atoms with Gasteiger partial charge in [-0.2, -0.15) is 0 Å². The van der Waals surface area contributed by atoms with Gasteiger partial charge in [0.1, 0.15) is 6.10 Å². The van der Waals surface area contributed by atoms with Gasteiger partial charge in [-0.25, -0.2) is 0 Å². The Morgan fingerprint density at radius 3 is 2.84 bits per heavy atom. The van der Waals surface area contributed by atoms with Crippen LogP contribution in [0.3, 0.4) is 0 Å². The average Bonchev–Trinajstić information content (AvgIpc) is 2.49. The number of nitrogens with zero attached hydrogens (tertiary/aromatic N) is 1. The smallest absolute Gasteiger partial charge is 0.249 e. The van der Waals surface area contributed by atoms with Crippen LogP contribution < -0.4 is 10.2 Å². The Balaban J connectivity index is 1.69. The molecule has 0 radical (unpaired) electrons. The summed E-state index contributed by atoms with van der Waals surface area (Å²) in [4.78, 5) is 14.0. The second kappa shape index (κ2) is 7.14. The lowest BCUT2D eigenvalue weighted by atomic mass is 10.1. The van der Waals surface area contributed by atoms with E-state index >= 15 is 0 Å². The minimum Gasteiger partial charge on any atom is -0.373 e. The van der Waals surface area contributed by atoms with E-state index in [2.05, 4.69) is 22.3 Å². The van der Waals surface area contributed by atoms with Gasteiger partial charge in [0.15, 0.2) is 0 Å². The van der Waals surface area contributed by atoms with E-state index in [1.165, 1.54) is 0 Å². The summed E-state index contributed by atoms with van der Waals surface area (Å²) < 4.78 is 5.46. The Morgan fingerprint density at radius 2 is 2.16 bits per heavy atom. The van der Waals surface area contributed by atoms with Crippen LogP contribution >= 0.6 is 0 Å². The predicted octanol–water partition coefficient (Wildman–Crippen LogP) is 1.81. The summed E-state index contributed by atoms with van der Waals surface area (Å²) in [5.41, 5.74) is 1.16. The zero-order chi connectivity index (χ0) is 13.5. The second-order valence-corrected chi connectivity index (χ2v) is 4.90. The number of ether oxygens (including phenoxy) is 1. The predicted molar refractivity (Wildman–Crippen MR) is 76.3 cm³/mol. The van der Waals surface area contributed by atoms with Crippen molar-refractivity contribution in [3.63, 3.8) is 0 Å². The number of rotatable bonds is 5. The molecular formula is C15H22N2O2. The van der Waals surface area contributed by atoms with Crippen LogP contribution in [0.25, 0.3) is 0 Å². The van der Waals surface area contributed by atoms with E-state index in [0.29, 0.717) is 13.2 Å². The monoisotopic (exact) mass is 262 g/mol. The number of hydrogen-bond acceptors (Lipinski definition) is 3. The highest BCUT2D eigenvalue weighted by Gasteiger charge is 2.21.